The van der Waals surface area contributed by atoms with E-state index in [-0.39, 0.29) is 5.91 Å². The Morgan fingerprint density at radius 3 is 2.52 bits per heavy atom. The Morgan fingerprint density at radius 1 is 1.29 bits per heavy atom. The van der Waals surface area contributed by atoms with Crippen molar-refractivity contribution in [3.63, 3.8) is 0 Å². The first kappa shape index (κ1) is 13.8. The number of carbonyl (C=O) groups excluding carboxylic acids is 1. The highest BCUT2D eigenvalue weighted by atomic mass is 16.1. The molecule has 0 bridgehead atoms. The third-order valence-electron chi connectivity index (χ3n) is 3.91. The molecule has 1 heterocycles. The minimum absolute atomic E-state index is 0.0185. The third kappa shape index (κ3) is 2.82. The topological polar surface area (TPSA) is 59.8 Å². The maximum absolute atomic E-state index is 11.2. The molecule has 1 aliphatic rings. The number of amides is 1. The van der Waals surface area contributed by atoms with Crippen molar-refractivity contribution in [1.29, 1.82) is 0 Å². The quantitative estimate of drug-likeness (QED) is 0.938. The SMILES string of the molecule is CC(=O)NCc1cc(C2CC2)ccc1-n1c(C)nnc1C. The largest absolute Gasteiger partial charge is 0.352 e. The zero-order chi connectivity index (χ0) is 15.0. The van der Waals surface area contributed by atoms with E-state index < -0.39 is 0 Å². The number of benzene rings is 1. The molecule has 5 heteroatoms. The molecule has 0 spiro atoms. The van der Waals surface area contributed by atoms with Gasteiger partial charge < -0.3 is 5.32 Å². The average Bonchev–Trinajstić information content (AvgIpc) is 3.24. The lowest BCUT2D eigenvalue weighted by molar-refractivity contribution is -0.119. The monoisotopic (exact) mass is 284 g/mol. The summed E-state index contributed by atoms with van der Waals surface area (Å²) < 4.78 is 2.04. The summed E-state index contributed by atoms with van der Waals surface area (Å²) in [5, 5.41) is 11.1. The Hall–Kier alpha value is -2.17. The number of nitrogens with zero attached hydrogens (tertiary/aromatic N) is 3. The van der Waals surface area contributed by atoms with Gasteiger partial charge in [0.25, 0.3) is 0 Å². The van der Waals surface area contributed by atoms with Crippen LogP contribution >= 0.6 is 0 Å². The molecule has 1 fully saturated rings. The first-order valence-corrected chi connectivity index (χ1v) is 7.32. The van der Waals surface area contributed by atoms with Gasteiger partial charge in [-0.2, -0.15) is 0 Å². The first-order valence-electron chi connectivity index (χ1n) is 7.32. The van der Waals surface area contributed by atoms with E-state index in [1.54, 1.807) is 6.92 Å². The molecule has 21 heavy (non-hydrogen) atoms. The highest BCUT2D eigenvalue weighted by molar-refractivity contribution is 5.73. The smallest absolute Gasteiger partial charge is 0.217 e. The minimum atomic E-state index is -0.0185. The lowest BCUT2D eigenvalue weighted by Crippen LogP contribution is -2.20. The fourth-order valence-corrected chi connectivity index (χ4v) is 2.67. The maximum Gasteiger partial charge on any atom is 0.217 e. The zero-order valence-corrected chi connectivity index (χ0v) is 12.7. The van der Waals surface area contributed by atoms with Crippen molar-refractivity contribution >= 4 is 5.91 Å². The predicted octanol–water partition coefficient (Wildman–Crippen LogP) is 2.40. The van der Waals surface area contributed by atoms with Crippen LogP contribution in [0.3, 0.4) is 0 Å². The van der Waals surface area contributed by atoms with Crippen molar-refractivity contribution in [2.45, 2.75) is 46.1 Å². The summed E-state index contributed by atoms with van der Waals surface area (Å²) in [5.74, 6) is 2.39. The van der Waals surface area contributed by atoms with Crippen LogP contribution in [0.4, 0.5) is 0 Å². The Labute approximate surface area is 124 Å². The number of nitrogens with one attached hydrogen (secondary N) is 1. The second-order valence-corrected chi connectivity index (χ2v) is 5.70. The van der Waals surface area contributed by atoms with Crippen molar-refractivity contribution in [2.75, 3.05) is 0 Å². The van der Waals surface area contributed by atoms with Crippen molar-refractivity contribution < 1.29 is 4.79 Å². The highest BCUT2D eigenvalue weighted by Gasteiger charge is 2.24. The Morgan fingerprint density at radius 2 is 1.95 bits per heavy atom. The molecular weight excluding hydrogens is 264 g/mol. The Balaban J connectivity index is 2.03. The first-order chi connectivity index (χ1) is 10.1. The van der Waals surface area contributed by atoms with E-state index in [0.29, 0.717) is 12.5 Å². The summed E-state index contributed by atoms with van der Waals surface area (Å²) in [6, 6.07) is 6.51. The number of hydrogen-bond donors (Lipinski definition) is 1. The van der Waals surface area contributed by atoms with Gasteiger partial charge in [0.15, 0.2) is 0 Å². The molecular formula is C16H20N4O. The second-order valence-electron chi connectivity index (χ2n) is 5.70. The van der Waals surface area contributed by atoms with Gasteiger partial charge in [-0.3, -0.25) is 9.36 Å². The standard InChI is InChI=1S/C16H20N4O/c1-10-18-19-11(2)20(10)16-7-6-14(13-4-5-13)8-15(16)9-17-12(3)21/h6-8,13H,4-5,9H2,1-3H3,(H,17,21). The van der Waals surface area contributed by atoms with Gasteiger partial charge in [0.1, 0.15) is 11.6 Å². The summed E-state index contributed by atoms with van der Waals surface area (Å²) in [6.45, 7) is 5.95. The molecule has 1 aromatic carbocycles. The van der Waals surface area contributed by atoms with Crippen LogP contribution in [0.2, 0.25) is 0 Å². The fraction of sp³-hybridized carbons (Fsp3) is 0.438. The number of rotatable bonds is 4. The molecule has 0 radical (unpaired) electrons. The number of hydrogen-bond acceptors (Lipinski definition) is 3. The van der Waals surface area contributed by atoms with Crippen LogP contribution in [0.15, 0.2) is 18.2 Å². The molecule has 1 amide bonds. The molecule has 0 unspecified atom stereocenters. The van der Waals surface area contributed by atoms with Gasteiger partial charge in [-0.1, -0.05) is 12.1 Å². The normalized spacial score (nSPS) is 14.2. The molecule has 1 saturated carbocycles. The summed E-state index contributed by atoms with van der Waals surface area (Å²) >= 11 is 0. The summed E-state index contributed by atoms with van der Waals surface area (Å²) in [7, 11) is 0. The fourth-order valence-electron chi connectivity index (χ4n) is 2.67. The van der Waals surface area contributed by atoms with Crippen LogP contribution in [-0.2, 0) is 11.3 Å². The number of aromatic nitrogens is 3. The van der Waals surface area contributed by atoms with Crippen LogP contribution in [0.25, 0.3) is 5.69 Å². The molecule has 5 nitrogen and oxygen atoms in total. The van der Waals surface area contributed by atoms with Crippen LogP contribution in [0.1, 0.15) is 48.5 Å². The summed E-state index contributed by atoms with van der Waals surface area (Å²) in [5.41, 5.74) is 3.52. The predicted molar refractivity (Wildman–Crippen MR) is 80.3 cm³/mol. The van der Waals surface area contributed by atoms with E-state index in [1.165, 1.54) is 18.4 Å². The summed E-state index contributed by atoms with van der Waals surface area (Å²) in [4.78, 5) is 11.2. The third-order valence-corrected chi connectivity index (χ3v) is 3.91. The van der Waals surface area contributed by atoms with Crippen molar-refractivity contribution in [2.24, 2.45) is 0 Å². The van der Waals surface area contributed by atoms with E-state index in [2.05, 4.69) is 33.7 Å². The van der Waals surface area contributed by atoms with Crippen LogP contribution < -0.4 is 5.32 Å². The number of aryl methyl sites for hydroxylation is 2. The molecule has 3 rings (SSSR count). The molecule has 0 saturated heterocycles. The lowest BCUT2D eigenvalue weighted by Gasteiger charge is -2.15. The van der Waals surface area contributed by atoms with Crippen LogP contribution in [-0.4, -0.2) is 20.7 Å². The summed E-state index contributed by atoms with van der Waals surface area (Å²) in [6.07, 6.45) is 2.53. The molecule has 0 aliphatic heterocycles. The van der Waals surface area contributed by atoms with Gasteiger partial charge >= 0.3 is 0 Å². The van der Waals surface area contributed by atoms with Gasteiger partial charge in [-0.25, -0.2) is 0 Å². The van der Waals surface area contributed by atoms with Gasteiger partial charge in [-0.05, 0) is 49.8 Å². The number of carbonyl (C=O) groups is 1. The Bertz CT molecular complexity index is 666. The molecule has 110 valence electrons. The van der Waals surface area contributed by atoms with Crippen LogP contribution in [0, 0.1) is 13.8 Å². The minimum Gasteiger partial charge on any atom is -0.352 e. The molecule has 2 aromatic rings. The lowest BCUT2D eigenvalue weighted by atomic mass is 10.0. The molecule has 1 aliphatic carbocycles. The van der Waals surface area contributed by atoms with Crippen molar-refractivity contribution in [3.05, 3.63) is 41.0 Å². The van der Waals surface area contributed by atoms with Gasteiger partial charge in [0, 0.05) is 13.5 Å². The zero-order valence-electron chi connectivity index (χ0n) is 12.7. The van der Waals surface area contributed by atoms with Gasteiger partial charge in [-0.15, -0.1) is 10.2 Å². The van der Waals surface area contributed by atoms with Gasteiger partial charge in [0.05, 0.1) is 5.69 Å². The molecule has 0 atom stereocenters. The van der Waals surface area contributed by atoms with E-state index >= 15 is 0 Å². The van der Waals surface area contributed by atoms with E-state index in [0.717, 1.165) is 22.9 Å². The van der Waals surface area contributed by atoms with E-state index in [9.17, 15) is 4.79 Å². The Kier molecular flexibility index (Phi) is 3.49. The van der Waals surface area contributed by atoms with E-state index in [4.69, 9.17) is 0 Å². The molecule has 1 N–H and O–H groups in total. The van der Waals surface area contributed by atoms with E-state index in [1.807, 2.05) is 18.4 Å². The van der Waals surface area contributed by atoms with Crippen LogP contribution in [0.5, 0.6) is 0 Å². The second kappa shape index (κ2) is 5.31. The average molecular weight is 284 g/mol. The van der Waals surface area contributed by atoms with Gasteiger partial charge in [0.2, 0.25) is 5.91 Å². The molecule has 1 aromatic heterocycles. The van der Waals surface area contributed by atoms with Crippen molar-refractivity contribution in [1.82, 2.24) is 20.1 Å². The maximum atomic E-state index is 11.2. The van der Waals surface area contributed by atoms with Crippen molar-refractivity contribution in [3.8, 4) is 5.69 Å². The highest BCUT2D eigenvalue weighted by Crippen LogP contribution is 2.40.